The van der Waals surface area contributed by atoms with Crippen LogP contribution in [-0.2, 0) is 9.53 Å². The summed E-state index contributed by atoms with van der Waals surface area (Å²) in [6, 6.07) is 4.51. The third-order valence-electron chi connectivity index (χ3n) is 3.26. The van der Waals surface area contributed by atoms with Crippen molar-refractivity contribution in [2.45, 2.75) is 32.4 Å². The van der Waals surface area contributed by atoms with Gasteiger partial charge in [0.2, 0.25) is 0 Å². The molecule has 0 saturated carbocycles. The molecule has 7 nitrogen and oxygen atoms in total. The molecule has 1 aliphatic heterocycles. The predicted molar refractivity (Wildman–Crippen MR) is 80.8 cm³/mol. The second-order valence-electron chi connectivity index (χ2n) is 6.16. The van der Waals surface area contributed by atoms with Gasteiger partial charge in [0.25, 0.3) is 0 Å². The molecule has 22 heavy (non-hydrogen) atoms. The molecule has 1 N–H and O–H groups in total. The standard InChI is InChI=1S/C15H21N3O4/c1-15(2,3)22-14(21)17-8-9-18(11(10-17)13(19)20)12-6-4-5-7-16-12/h4-7,11H,8-10H2,1-3H3,(H,19,20)/t11-/m0/s1. The number of ether oxygens (including phenoxy) is 1. The fraction of sp³-hybridized carbons (Fsp3) is 0.533. The Morgan fingerprint density at radius 2 is 2.05 bits per heavy atom. The predicted octanol–water partition coefficient (Wildman–Crippen LogP) is 1.59. The van der Waals surface area contributed by atoms with Crippen LogP contribution in [0.1, 0.15) is 20.8 Å². The average molecular weight is 307 g/mol. The quantitative estimate of drug-likeness (QED) is 0.893. The molecule has 1 fully saturated rings. The fourth-order valence-corrected chi connectivity index (χ4v) is 2.28. The number of aliphatic carboxylic acids is 1. The van der Waals surface area contributed by atoms with Crippen LogP contribution in [0.25, 0.3) is 0 Å². The van der Waals surface area contributed by atoms with E-state index in [4.69, 9.17) is 4.74 Å². The Balaban J connectivity index is 2.12. The summed E-state index contributed by atoms with van der Waals surface area (Å²) in [5.74, 6) is -0.391. The Morgan fingerprint density at radius 3 is 2.59 bits per heavy atom. The van der Waals surface area contributed by atoms with Crippen LogP contribution in [0.5, 0.6) is 0 Å². The summed E-state index contributed by atoms with van der Waals surface area (Å²) in [6.07, 6.45) is 1.13. The van der Waals surface area contributed by atoms with Crippen LogP contribution in [0, 0.1) is 0 Å². The van der Waals surface area contributed by atoms with E-state index in [1.807, 2.05) is 6.07 Å². The first kappa shape index (κ1) is 16.1. The Labute approximate surface area is 129 Å². The van der Waals surface area contributed by atoms with Gasteiger partial charge in [0, 0.05) is 19.3 Å². The van der Waals surface area contributed by atoms with Gasteiger partial charge in [-0.2, -0.15) is 0 Å². The summed E-state index contributed by atoms with van der Waals surface area (Å²) in [7, 11) is 0. The van der Waals surface area contributed by atoms with E-state index < -0.39 is 23.7 Å². The molecule has 1 aromatic rings. The van der Waals surface area contributed by atoms with Crippen molar-refractivity contribution in [3.8, 4) is 0 Å². The van der Waals surface area contributed by atoms with E-state index in [0.29, 0.717) is 18.9 Å². The number of anilines is 1. The van der Waals surface area contributed by atoms with Crippen molar-refractivity contribution in [1.29, 1.82) is 0 Å². The smallest absolute Gasteiger partial charge is 0.410 e. The van der Waals surface area contributed by atoms with Crippen LogP contribution in [-0.4, -0.2) is 58.3 Å². The summed E-state index contributed by atoms with van der Waals surface area (Å²) in [4.78, 5) is 31.0. The first-order valence-electron chi connectivity index (χ1n) is 7.16. The number of aromatic nitrogens is 1. The highest BCUT2D eigenvalue weighted by molar-refractivity contribution is 5.80. The number of rotatable bonds is 2. The number of carbonyl (C=O) groups excluding carboxylic acids is 1. The van der Waals surface area contributed by atoms with Crippen LogP contribution in [0.2, 0.25) is 0 Å². The Hall–Kier alpha value is -2.31. The summed E-state index contributed by atoms with van der Waals surface area (Å²) in [5, 5.41) is 9.45. The molecule has 7 heteroatoms. The monoisotopic (exact) mass is 307 g/mol. The van der Waals surface area contributed by atoms with Gasteiger partial charge in [0.15, 0.2) is 0 Å². The van der Waals surface area contributed by atoms with Crippen molar-refractivity contribution < 1.29 is 19.4 Å². The van der Waals surface area contributed by atoms with Crippen molar-refractivity contribution in [2.75, 3.05) is 24.5 Å². The van der Waals surface area contributed by atoms with Crippen molar-refractivity contribution in [2.24, 2.45) is 0 Å². The third-order valence-corrected chi connectivity index (χ3v) is 3.26. The van der Waals surface area contributed by atoms with Gasteiger partial charge >= 0.3 is 12.1 Å². The van der Waals surface area contributed by atoms with Crippen LogP contribution in [0.15, 0.2) is 24.4 Å². The van der Waals surface area contributed by atoms with Gasteiger partial charge in [-0.3, -0.25) is 0 Å². The number of carboxylic acids is 1. The largest absolute Gasteiger partial charge is 0.480 e. The van der Waals surface area contributed by atoms with E-state index in [2.05, 4.69) is 4.98 Å². The summed E-state index contributed by atoms with van der Waals surface area (Å²) >= 11 is 0. The van der Waals surface area contributed by atoms with Gasteiger partial charge in [0.05, 0.1) is 6.54 Å². The maximum atomic E-state index is 12.1. The molecular weight excluding hydrogens is 286 g/mol. The van der Waals surface area contributed by atoms with Gasteiger partial charge < -0.3 is 19.6 Å². The van der Waals surface area contributed by atoms with E-state index in [1.54, 1.807) is 44.0 Å². The summed E-state index contributed by atoms with van der Waals surface area (Å²) in [6.45, 7) is 6.21. The maximum absolute atomic E-state index is 12.1. The molecule has 1 aromatic heterocycles. The molecule has 0 bridgehead atoms. The van der Waals surface area contributed by atoms with Gasteiger partial charge in [-0.15, -0.1) is 0 Å². The normalized spacial score (nSPS) is 19.0. The molecule has 0 aliphatic carbocycles. The number of hydrogen-bond donors (Lipinski definition) is 1. The van der Waals surface area contributed by atoms with Gasteiger partial charge in [0.1, 0.15) is 17.5 Å². The number of piperazine rings is 1. The van der Waals surface area contributed by atoms with Crippen LogP contribution in [0.4, 0.5) is 10.6 Å². The van der Waals surface area contributed by atoms with E-state index in [9.17, 15) is 14.7 Å². The van der Waals surface area contributed by atoms with Gasteiger partial charge in [-0.05, 0) is 32.9 Å². The number of amides is 1. The molecule has 0 unspecified atom stereocenters. The first-order valence-corrected chi connectivity index (χ1v) is 7.16. The molecule has 120 valence electrons. The molecule has 2 heterocycles. The molecule has 0 radical (unpaired) electrons. The number of hydrogen-bond acceptors (Lipinski definition) is 5. The highest BCUT2D eigenvalue weighted by Crippen LogP contribution is 2.20. The Morgan fingerprint density at radius 1 is 1.32 bits per heavy atom. The minimum atomic E-state index is -0.987. The van der Waals surface area contributed by atoms with Crippen molar-refractivity contribution in [1.82, 2.24) is 9.88 Å². The van der Waals surface area contributed by atoms with Gasteiger partial charge in [-0.1, -0.05) is 6.07 Å². The number of carbonyl (C=O) groups is 2. The second kappa shape index (κ2) is 6.21. The van der Waals surface area contributed by atoms with E-state index in [1.165, 1.54) is 4.90 Å². The topological polar surface area (TPSA) is 83.0 Å². The Kier molecular flexibility index (Phi) is 4.54. The zero-order chi connectivity index (χ0) is 16.3. The molecule has 1 atom stereocenters. The van der Waals surface area contributed by atoms with Crippen LogP contribution in [0.3, 0.4) is 0 Å². The molecule has 1 aliphatic rings. The van der Waals surface area contributed by atoms with Crippen LogP contribution < -0.4 is 4.90 Å². The lowest BCUT2D eigenvalue weighted by Gasteiger charge is -2.40. The lowest BCUT2D eigenvalue weighted by Crippen LogP contribution is -2.58. The second-order valence-corrected chi connectivity index (χ2v) is 6.16. The number of carboxylic acid groups (broad SMARTS) is 1. The minimum Gasteiger partial charge on any atom is -0.480 e. The highest BCUT2D eigenvalue weighted by Gasteiger charge is 2.36. The van der Waals surface area contributed by atoms with Crippen LogP contribution >= 0.6 is 0 Å². The van der Waals surface area contributed by atoms with Crippen molar-refractivity contribution in [3.05, 3.63) is 24.4 Å². The molecule has 0 spiro atoms. The average Bonchev–Trinajstić information content (AvgIpc) is 2.45. The molecule has 1 saturated heterocycles. The van der Waals surface area contributed by atoms with E-state index >= 15 is 0 Å². The van der Waals surface area contributed by atoms with E-state index in [-0.39, 0.29) is 6.54 Å². The SMILES string of the molecule is CC(C)(C)OC(=O)N1CCN(c2ccccn2)[C@H](C(=O)O)C1. The molecule has 2 rings (SSSR count). The Bertz CT molecular complexity index is 541. The highest BCUT2D eigenvalue weighted by atomic mass is 16.6. The fourth-order valence-electron chi connectivity index (χ4n) is 2.28. The van der Waals surface area contributed by atoms with Crippen molar-refractivity contribution >= 4 is 17.9 Å². The van der Waals surface area contributed by atoms with Gasteiger partial charge in [-0.25, -0.2) is 14.6 Å². The summed E-state index contributed by atoms with van der Waals surface area (Å²) in [5.41, 5.74) is -0.603. The zero-order valence-corrected chi connectivity index (χ0v) is 13.0. The minimum absolute atomic E-state index is 0.0703. The van der Waals surface area contributed by atoms with Crippen molar-refractivity contribution in [3.63, 3.8) is 0 Å². The molecule has 1 amide bonds. The lowest BCUT2D eigenvalue weighted by molar-refractivity contribution is -0.139. The summed E-state index contributed by atoms with van der Waals surface area (Å²) < 4.78 is 5.31. The first-order chi connectivity index (χ1) is 10.3. The molecular formula is C15H21N3O4. The number of pyridine rings is 1. The molecule has 0 aromatic carbocycles. The third kappa shape index (κ3) is 3.87. The zero-order valence-electron chi connectivity index (χ0n) is 13.0. The van der Waals surface area contributed by atoms with E-state index in [0.717, 1.165) is 0 Å². The number of nitrogens with zero attached hydrogens (tertiary/aromatic N) is 3. The lowest BCUT2D eigenvalue weighted by atomic mass is 10.1. The maximum Gasteiger partial charge on any atom is 0.410 e.